The Hall–Kier alpha value is -3.34. The Bertz CT molecular complexity index is 1560. The van der Waals surface area contributed by atoms with Crippen LogP contribution in [0.2, 0.25) is 0 Å². The highest BCUT2D eigenvalue weighted by Gasteiger charge is 2.52. The Kier molecular flexibility index (Phi) is 10.0. The molecule has 246 valence electrons. The number of anilines is 3. The standard InChI is InChI=1S/C43H54BNO2/c1-7-9-11-19-29-43(30-20-12-10-8-2)39-31-33(44-46-41(3,4)42(5,6)47-44)25-27-37(39)38-28-26-36(32-40(38)43)45(34-21-15-13-16-22-34)35-23-17-14-18-24-35/h13-18,21-28,31-32H,7-12,19-20,29-30H2,1-6H3. The Labute approximate surface area is 284 Å². The number of hydrogen-bond acceptors (Lipinski definition) is 3. The lowest BCUT2D eigenvalue weighted by molar-refractivity contribution is 0.00578. The molecule has 0 unspecified atom stereocenters. The molecule has 4 aromatic carbocycles. The molecule has 1 saturated heterocycles. The monoisotopic (exact) mass is 627 g/mol. The van der Waals surface area contributed by atoms with Crippen LogP contribution in [0, 0.1) is 0 Å². The van der Waals surface area contributed by atoms with Crippen LogP contribution < -0.4 is 10.4 Å². The van der Waals surface area contributed by atoms with Crippen molar-refractivity contribution in [1.29, 1.82) is 0 Å². The summed E-state index contributed by atoms with van der Waals surface area (Å²) in [6, 6.07) is 35.9. The van der Waals surface area contributed by atoms with E-state index in [1.807, 2.05) is 0 Å². The van der Waals surface area contributed by atoms with Gasteiger partial charge in [0, 0.05) is 22.5 Å². The predicted octanol–water partition coefficient (Wildman–Crippen LogP) is 11.7. The molecule has 1 heterocycles. The maximum absolute atomic E-state index is 6.60. The second-order valence-electron chi connectivity index (χ2n) is 14.8. The second kappa shape index (κ2) is 14.0. The van der Waals surface area contributed by atoms with Crippen LogP contribution in [-0.2, 0) is 14.7 Å². The fraction of sp³-hybridized carbons (Fsp3) is 0.442. The van der Waals surface area contributed by atoms with Crippen LogP contribution in [0.25, 0.3) is 11.1 Å². The maximum atomic E-state index is 6.60. The van der Waals surface area contributed by atoms with Gasteiger partial charge in [-0.1, -0.05) is 126 Å². The Morgan fingerprint density at radius 2 is 1.02 bits per heavy atom. The zero-order valence-electron chi connectivity index (χ0n) is 29.6. The van der Waals surface area contributed by atoms with Gasteiger partial charge in [0.05, 0.1) is 11.2 Å². The molecule has 1 fully saturated rings. The summed E-state index contributed by atoms with van der Waals surface area (Å²) in [5.41, 5.74) is 9.62. The fourth-order valence-electron chi connectivity index (χ4n) is 7.74. The number of nitrogens with zero attached hydrogens (tertiary/aromatic N) is 1. The van der Waals surface area contributed by atoms with Crippen LogP contribution >= 0.6 is 0 Å². The predicted molar refractivity (Wildman–Crippen MR) is 201 cm³/mol. The largest absolute Gasteiger partial charge is 0.494 e. The average molecular weight is 628 g/mol. The van der Waals surface area contributed by atoms with Crippen molar-refractivity contribution >= 4 is 29.6 Å². The average Bonchev–Trinajstić information content (AvgIpc) is 3.47. The van der Waals surface area contributed by atoms with Gasteiger partial charge in [0.1, 0.15) is 0 Å². The third-order valence-corrected chi connectivity index (χ3v) is 11.1. The molecule has 0 atom stereocenters. The zero-order chi connectivity index (χ0) is 33.1. The normalized spacial score (nSPS) is 17.0. The second-order valence-corrected chi connectivity index (χ2v) is 14.8. The summed E-state index contributed by atoms with van der Waals surface area (Å²) < 4.78 is 13.2. The summed E-state index contributed by atoms with van der Waals surface area (Å²) in [6.07, 6.45) is 12.4. The SMILES string of the molecule is CCCCCCC1(CCCCCC)c2cc(B3OC(C)(C)C(C)(C)O3)ccc2-c2ccc(N(c3ccccc3)c3ccccc3)cc21. The van der Waals surface area contributed by atoms with Crippen molar-refractivity contribution in [3.8, 4) is 11.1 Å². The minimum atomic E-state index is -0.371. The van der Waals surface area contributed by atoms with Crippen molar-refractivity contribution in [2.24, 2.45) is 0 Å². The molecule has 1 aliphatic carbocycles. The lowest BCUT2D eigenvalue weighted by atomic mass is 9.68. The van der Waals surface area contributed by atoms with Crippen LogP contribution in [0.4, 0.5) is 17.1 Å². The first-order chi connectivity index (χ1) is 22.7. The minimum absolute atomic E-state index is 0.0547. The number of rotatable bonds is 14. The van der Waals surface area contributed by atoms with Crippen molar-refractivity contribution in [3.05, 3.63) is 108 Å². The van der Waals surface area contributed by atoms with Crippen molar-refractivity contribution in [2.45, 2.75) is 122 Å². The van der Waals surface area contributed by atoms with Crippen LogP contribution in [0.15, 0.2) is 97.1 Å². The lowest BCUT2D eigenvalue weighted by Crippen LogP contribution is -2.41. The molecule has 0 spiro atoms. The van der Waals surface area contributed by atoms with E-state index in [0.29, 0.717) is 0 Å². The van der Waals surface area contributed by atoms with E-state index in [4.69, 9.17) is 9.31 Å². The molecule has 0 radical (unpaired) electrons. The first kappa shape index (κ1) is 33.6. The van der Waals surface area contributed by atoms with E-state index in [2.05, 4.69) is 144 Å². The topological polar surface area (TPSA) is 21.7 Å². The lowest BCUT2D eigenvalue weighted by Gasteiger charge is -2.34. The number of benzene rings is 4. The molecule has 4 aromatic rings. The van der Waals surface area contributed by atoms with Gasteiger partial charge in [-0.3, -0.25) is 0 Å². The molecular weight excluding hydrogens is 573 g/mol. The fourth-order valence-corrected chi connectivity index (χ4v) is 7.74. The van der Waals surface area contributed by atoms with Gasteiger partial charge in [0.25, 0.3) is 0 Å². The van der Waals surface area contributed by atoms with E-state index in [1.165, 1.54) is 90.7 Å². The third kappa shape index (κ3) is 6.57. The Morgan fingerprint density at radius 3 is 1.53 bits per heavy atom. The Balaban J connectivity index is 1.50. The van der Waals surface area contributed by atoms with Crippen LogP contribution in [0.5, 0.6) is 0 Å². The van der Waals surface area contributed by atoms with E-state index in [9.17, 15) is 0 Å². The molecule has 2 aliphatic rings. The molecule has 0 N–H and O–H groups in total. The number of hydrogen-bond donors (Lipinski definition) is 0. The number of fused-ring (bicyclic) bond motifs is 3. The summed E-state index contributed by atoms with van der Waals surface area (Å²) in [5, 5.41) is 0. The van der Waals surface area contributed by atoms with Crippen molar-refractivity contribution in [2.75, 3.05) is 4.90 Å². The van der Waals surface area contributed by atoms with Gasteiger partial charge >= 0.3 is 7.12 Å². The van der Waals surface area contributed by atoms with E-state index in [-0.39, 0.29) is 23.7 Å². The summed E-state index contributed by atoms with van der Waals surface area (Å²) in [4.78, 5) is 2.41. The number of para-hydroxylation sites is 2. The summed E-state index contributed by atoms with van der Waals surface area (Å²) in [6.45, 7) is 13.2. The molecule has 0 saturated carbocycles. The molecular formula is C43H54BNO2. The number of unbranched alkanes of at least 4 members (excludes halogenated alkanes) is 6. The van der Waals surface area contributed by atoms with Crippen LogP contribution in [-0.4, -0.2) is 18.3 Å². The van der Waals surface area contributed by atoms with Gasteiger partial charge in [-0.15, -0.1) is 0 Å². The molecule has 0 aromatic heterocycles. The van der Waals surface area contributed by atoms with Crippen molar-refractivity contribution in [1.82, 2.24) is 0 Å². The van der Waals surface area contributed by atoms with E-state index in [0.717, 1.165) is 18.3 Å². The van der Waals surface area contributed by atoms with E-state index >= 15 is 0 Å². The van der Waals surface area contributed by atoms with Crippen molar-refractivity contribution < 1.29 is 9.31 Å². The first-order valence-corrected chi connectivity index (χ1v) is 18.3. The minimum Gasteiger partial charge on any atom is -0.399 e. The van der Waals surface area contributed by atoms with Gasteiger partial charge < -0.3 is 14.2 Å². The smallest absolute Gasteiger partial charge is 0.399 e. The zero-order valence-corrected chi connectivity index (χ0v) is 29.6. The first-order valence-electron chi connectivity index (χ1n) is 18.3. The maximum Gasteiger partial charge on any atom is 0.494 e. The molecule has 4 heteroatoms. The van der Waals surface area contributed by atoms with Crippen LogP contribution in [0.1, 0.15) is 117 Å². The van der Waals surface area contributed by atoms with Gasteiger partial charge in [0.2, 0.25) is 0 Å². The van der Waals surface area contributed by atoms with Gasteiger partial charge in [-0.2, -0.15) is 0 Å². The molecule has 6 rings (SSSR count). The highest BCUT2D eigenvalue weighted by molar-refractivity contribution is 6.62. The molecule has 0 bridgehead atoms. The molecule has 3 nitrogen and oxygen atoms in total. The summed E-state index contributed by atoms with van der Waals surface area (Å²) in [5.74, 6) is 0. The van der Waals surface area contributed by atoms with E-state index in [1.54, 1.807) is 0 Å². The summed E-state index contributed by atoms with van der Waals surface area (Å²) >= 11 is 0. The highest BCUT2D eigenvalue weighted by atomic mass is 16.7. The molecule has 47 heavy (non-hydrogen) atoms. The third-order valence-electron chi connectivity index (χ3n) is 11.1. The van der Waals surface area contributed by atoms with Gasteiger partial charge in [0.15, 0.2) is 0 Å². The molecule has 0 amide bonds. The van der Waals surface area contributed by atoms with Gasteiger partial charge in [-0.25, -0.2) is 0 Å². The summed E-state index contributed by atoms with van der Waals surface area (Å²) in [7, 11) is -0.367. The Morgan fingerprint density at radius 1 is 0.532 bits per heavy atom. The van der Waals surface area contributed by atoms with Gasteiger partial charge in [-0.05, 0) is 105 Å². The highest BCUT2D eigenvalue weighted by Crippen LogP contribution is 2.55. The van der Waals surface area contributed by atoms with Crippen molar-refractivity contribution in [3.63, 3.8) is 0 Å². The quantitative estimate of drug-likeness (QED) is 0.103. The molecule has 1 aliphatic heterocycles. The van der Waals surface area contributed by atoms with E-state index < -0.39 is 0 Å². The van der Waals surface area contributed by atoms with Crippen LogP contribution in [0.3, 0.4) is 0 Å².